The predicted molar refractivity (Wildman–Crippen MR) is 102 cm³/mol. The van der Waals surface area contributed by atoms with Crippen LogP contribution in [-0.4, -0.2) is 12.0 Å². The summed E-state index contributed by atoms with van der Waals surface area (Å²) in [5.41, 5.74) is 1.69. The third-order valence-electron chi connectivity index (χ3n) is 3.88. The van der Waals surface area contributed by atoms with E-state index in [9.17, 15) is 9.18 Å². The number of nitrogens with one attached hydrogen (secondary N) is 1. The van der Waals surface area contributed by atoms with Crippen molar-refractivity contribution in [3.05, 3.63) is 90.2 Å². The summed E-state index contributed by atoms with van der Waals surface area (Å²) in [4.78, 5) is 12.2. The summed E-state index contributed by atoms with van der Waals surface area (Å²) in [5, 5.41) is 2.74. The quantitative estimate of drug-likeness (QED) is 0.654. The molecule has 0 aromatic heterocycles. The summed E-state index contributed by atoms with van der Waals surface area (Å²) in [6.07, 6.45) is -0.837. The van der Waals surface area contributed by atoms with Crippen molar-refractivity contribution >= 4 is 11.6 Å². The number of carbonyl (C=O) groups excluding carboxylic acids is 1. The van der Waals surface area contributed by atoms with Gasteiger partial charge >= 0.3 is 0 Å². The molecule has 138 valence electrons. The van der Waals surface area contributed by atoms with Gasteiger partial charge in [-0.2, -0.15) is 0 Å². The zero-order valence-electron chi connectivity index (χ0n) is 14.9. The van der Waals surface area contributed by atoms with E-state index in [1.165, 1.54) is 12.1 Å². The Hall–Kier alpha value is -3.34. The van der Waals surface area contributed by atoms with E-state index >= 15 is 0 Å². The fourth-order valence-electron chi connectivity index (χ4n) is 2.40. The third kappa shape index (κ3) is 5.31. The van der Waals surface area contributed by atoms with E-state index < -0.39 is 11.9 Å². The lowest BCUT2D eigenvalue weighted by Gasteiger charge is -2.15. The molecule has 3 aromatic rings. The Morgan fingerprint density at radius 3 is 2.33 bits per heavy atom. The third-order valence-corrected chi connectivity index (χ3v) is 3.88. The second-order valence-corrected chi connectivity index (χ2v) is 5.98. The maximum Gasteiger partial charge on any atom is 0.265 e. The van der Waals surface area contributed by atoms with Gasteiger partial charge < -0.3 is 14.8 Å². The predicted octanol–water partition coefficient (Wildman–Crippen LogP) is 4.81. The molecule has 4 nitrogen and oxygen atoms in total. The molecule has 5 heteroatoms. The highest BCUT2D eigenvalue weighted by Crippen LogP contribution is 2.19. The van der Waals surface area contributed by atoms with Gasteiger partial charge in [0.25, 0.3) is 5.91 Å². The topological polar surface area (TPSA) is 47.6 Å². The lowest BCUT2D eigenvalue weighted by atomic mass is 10.2. The standard InChI is InChI=1S/C22H20FNO3/c1-16(27-21-10-6-5-9-20(21)23)22(25)24-18-11-13-19(14-12-18)26-15-17-7-3-2-4-8-17/h2-14,16H,15H2,1H3,(H,24,25)/t16-/m1/s1. The molecule has 0 aliphatic carbocycles. The van der Waals surface area contributed by atoms with Crippen molar-refractivity contribution in [2.45, 2.75) is 19.6 Å². The van der Waals surface area contributed by atoms with E-state index in [0.29, 0.717) is 18.0 Å². The SMILES string of the molecule is C[C@@H](Oc1ccccc1F)C(=O)Nc1ccc(OCc2ccccc2)cc1. The summed E-state index contributed by atoms with van der Waals surface area (Å²) < 4.78 is 24.7. The minimum atomic E-state index is -0.837. The first-order chi connectivity index (χ1) is 13.1. The van der Waals surface area contributed by atoms with Crippen LogP contribution >= 0.6 is 0 Å². The highest BCUT2D eigenvalue weighted by atomic mass is 19.1. The van der Waals surface area contributed by atoms with Crippen LogP contribution in [0.4, 0.5) is 10.1 Å². The smallest absolute Gasteiger partial charge is 0.265 e. The number of hydrogen-bond acceptors (Lipinski definition) is 3. The maximum absolute atomic E-state index is 13.6. The van der Waals surface area contributed by atoms with Gasteiger partial charge in [-0.25, -0.2) is 4.39 Å². The molecule has 3 aromatic carbocycles. The Balaban J connectivity index is 1.52. The largest absolute Gasteiger partial charge is 0.489 e. The first-order valence-electron chi connectivity index (χ1n) is 8.60. The van der Waals surface area contributed by atoms with Gasteiger partial charge in [0, 0.05) is 5.69 Å². The average Bonchev–Trinajstić information content (AvgIpc) is 2.70. The number of ether oxygens (including phenoxy) is 2. The summed E-state index contributed by atoms with van der Waals surface area (Å²) in [7, 11) is 0. The van der Waals surface area contributed by atoms with Crippen molar-refractivity contribution in [1.29, 1.82) is 0 Å². The Kier molecular flexibility index (Phi) is 6.05. The summed E-state index contributed by atoms with van der Waals surface area (Å²) in [6.45, 7) is 2.04. The highest BCUT2D eigenvalue weighted by molar-refractivity contribution is 5.94. The first kappa shape index (κ1) is 18.5. The molecular formula is C22H20FNO3. The molecular weight excluding hydrogens is 345 g/mol. The zero-order valence-corrected chi connectivity index (χ0v) is 14.9. The Morgan fingerprint density at radius 1 is 0.963 bits per heavy atom. The Morgan fingerprint density at radius 2 is 1.63 bits per heavy atom. The fraction of sp³-hybridized carbons (Fsp3) is 0.136. The Bertz CT molecular complexity index is 882. The van der Waals surface area contributed by atoms with Crippen LogP contribution in [-0.2, 0) is 11.4 Å². The molecule has 0 fully saturated rings. The molecule has 0 saturated carbocycles. The number of halogens is 1. The lowest BCUT2D eigenvalue weighted by molar-refractivity contribution is -0.122. The van der Waals surface area contributed by atoms with Gasteiger partial charge in [0.15, 0.2) is 17.7 Å². The molecule has 0 bridgehead atoms. The van der Waals surface area contributed by atoms with Crippen molar-refractivity contribution in [3.8, 4) is 11.5 Å². The van der Waals surface area contributed by atoms with Crippen LogP contribution in [0.5, 0.6) is 11.5 Å². The van der Waals surface area contributed by atoms with Crippen LogP contribution in [0, 0.1) is 5.82 Å². The van der Waals surface area contributed by atoms with Gasteiger partial charge in [-0.05, 0) is 48.9 Å². The van der Waals surface area contributed by atoms with Crippen molar-refractivity contribution in [2.75, 3.05) is 5.32 Å². The van der Waals surface area contributed by atoms with Gasteiger partial charge in [-0.15, -0.1) is 0 Å². The van der Waals surface area contributed by atoms with Gasteiger partial charge in [-0.1, -0.05) is 42.5 Å². The van der Waals surface area contributed by atoms with Crippen LogP contribution in [0.3, 0.4) is 0 Å². The van der Waals surface area contributed by atoms with Crippen LogP contribution < -0.4 is 14.8 Å². The number of carbonyl (C=O) groups is 1. The van der Waals surface area contributed by atoms with Gasteiger partial charge in [0.05, 0.1) is 0 Å². The molecule has 0 aliphatic rings. The minimum Gasteiger partial charge on any atom is -0.489 e. The number of rotatable bonds is 7. The van der Waals surface area contributed by atoms with Crippen molar-refractivity contribution in [3.63, 3.8) is 0 Å². The van der Waals surface area contributed by atoms with Crippen molar-refractivity contribution < 1.29 is 18.7 Å². The summed E-state index contributed by atoms with van der Waals surface area (Å²) >= 11 is 0. The van der Waals surface area contributed by atoms with E-state index in [-0.39, 0.29) is 11.7 Å². The number of anilines is 1. The number of benzene rings is 3. The van der Waals surface area contributed by atoms with Crippen molar-refractivity contribution in [1.82, 2.24) is 0 Å². The molecule has 1 amide bonds. The number of para-hydroxylation sites is 1. The summed E-state index contributed by atoms with van der Waals surface area (Å²) in [6, 6.07) is 22.9. The molecule has 0 aliphatic heterocycles. The molecule has 0 saturated heterocycles. The molecule has 0 heterocycles. The van der Waals surface area contributed by atoms with Crippen molar-refractivity contribution in [2.24, 2.45) is 0 Å². The fourth-order valence-corrected chi connectivity index (χ4v) is 2.40. The summed E-state index contributed by atoms with van der Waals surface area (Å²) in [5.74, 6) is -0.120. The number of amides is 1. The average molecular weight is 365 g/mol. The molecule has 1 atom stereocenters. The zero-order chi connectivity index (χ0) is 19.1. The second-order valence-electron chi connectivity index (χ2n) is 5.98. The maximum atomic E-state index is 13.6. The molecule has 1 N–H and O–H groups in total. The van der Waals surface area contributed by atoms with Crippen LogP contribution in [0.15, 0.2) is 78.9 Å². The number of hydrogen-bond donors (Lipinski definition) is 1. The van der Waals surface area contributed by atoms with E-state index in [0.717, 1.165) is 5.56 Å². The van der Waals surface area contributed by atoms with E-state index in [1.807, 2.05) is 30.3 Å². The van der Waals surface area contributed by atoms with Gasteiger partial charge in [0.2, 0.25) is 0 Å². The lowest BCUT2D eigenvalue weighted by Crippen LogP contribution is -2.30. The van der Waals surface area contributed by atoms with Crippen LogP contribution in [0.2, 0.25) is 0 Å². The van der Waals surface area contributed by atoms with Gasteiger partial charge in [-0.3, -0.25) is 4.79 Å². The second kappa shape index (κ2) is 8.85. The first-order valence-corrected chi connectivity index (χ1v) is 8.60. The van der Waals surface area contributed by atoms with Crippen LogP contribution in [0.1, 0.15) is 12.5 Å². The minimum absolute atomic E-state index is 0.0461. The molecule has 27 heavy (non-hydrogen) atoms. The molecule has 0 radical (unpaired) electrons. The van der Waals surface area contributed by atoms with Gasteiger partial charge in [0.1, 0.15) is 12.4 Å². The highest BCUT2D eigenvalue weighted by Gasteiger charge is 2.16. The van der Waals surface area contributed by atoms with Crippen LogP contribution in [0.25, 0.3) is 0 Å². The van der Waals surface area contributed by atoms with E-state index in [4.69, 9.17) is 9.47 Å². The monoisotopic (exact) mass is 365 g/mol. The molecule has 0 unspecified atom stereocenters. The normalized spacial score (nSPS) is 11.5. The van der Waals surface area contributed by atoms with E-state index in [1.54, 1.807) is 43.3 Å². The van der Waals surface area contributed by atoms with E-state index in [2.05, 4.69) is 5.32 Å². The molecule has 0 spiro atoms. The Labute approximate surface area is 157 Å². The molecule has 3 rings (SSSR count).